The molecule has 0 aliphatic carbocycles. The number of hydrogen-bond acceptors (Lipinski definition) is 7. The Kier molecular flexibility index (Phi) is 6.30. The Labute approximate surface area is 165 Å². The van der Waals surface area contributed by atoms with Crippen LogP contribution in [0.2, 0.25) is 0 Å². The second-order valence-electron chi connectivity index (χ2n) is 6.64. The first-order valence-electron chi connectivity index (χ1n) is 9.40. The van der Waals surface area contributed by atoms with Crippen LogP contribution in [0.3, 0.4) is 0 Å². The molecule has 0 unspecified atom stereocenters. The maximum Gasteiger partial charge on any atom is 0.272 e. The number of nitrogens with zero attached hydrogens (tertiary/aromatic N) is 4. The van der Waals surface area contributed by atoms with Crippen LogP contribution >= 0.6 is 0 Å². The third-order valence-electron chi connectivity index (χ3n) is 4.83. The van der Waals surface area contributed by atoms with Crippen molar-refractivity contribution >= 4 is 17.5 Å². The van der Waals surface area contributed by atoms with Gasteiger partial charge in [-0.15, -0.1) is 0 Å². The minimum absolute atomic E-state index is 0.0677. The number of rotatable bonds is 6. The molecule has 3 rings (SSSR count). The normalized spacial score (nSPS) is 14.6. The molecule has 2 aromatic rings. The minimum atomic E-state index is -0.0677. The Balaban J connectivity index is 1.81. The maximum absolute atomic E-state index is 12.9. The van der Waals surface area contributed by atoms with E-state index in [1.165, 1.54) is 0 Å². The van der Waals surface area contributed by atoms with Crippen LogP contribution in [0.4, 0.5) is 11.6 Å². The Morgan fingerprint density at radius 2 is 1.86 bits per heavy atom. The van der Waals surface area contributed by atoms with E-state index in [1.807, 2.05) is 17.9 Å². The van der Waals surface area contributed by atoms with Crippen LogP contribution < -0.4 is 14.8 Å². The van der Waals surface area contributed by atoms with Gasteiger partial charge >= 0.3 is 0 Å². The highest BCUT2D eigenvalue weighted by atomic mass is 16.5. The van der Waals surface area contributed by atoms with E-state index in [-0.39, 0.29) is 5.91 Å². The van der Waals surface area contributed by atoms with E-state index in [1.54, 1.807) is 32.4 Å². The summed E-state index contributed by atoms with van der Waals surface area (Å²) in [5.41, 5.74) is 1.78. The molecule has 0 bridgehead atoms. The number of likely N-dealkylation sites (N-methyl/N-ethyl adjacent to an activating group) is 1. The zero-order valence-electron chi connectivity index (χ0n) is 16.9. The number of benzene rings is 1. The summed E-state index contributed by atoms with van der Waals surface area (Å²) in [6.07, 6.45) is 0. The first kappa shape index (κ1) is 19.9. The number of nitrogens with one attached hydrogen (secondary N) is 1. The van der Waals surface area contributed by atoms with Gasteiger partial charge in [0.1, 0.15) is 17.2 Å². The predicted octanol–water partition coefficient (Wildman–Crippen LogP) is 2.32. The zero-order chi connectivity index (χ0) is 20.1. The second-order valence-corrected chi connectivity index (χ2v) is 6.64. The van der Waals surface area contributed by atoms with E-state index in [0.29, 0.717) is 41.9 Å². The van der Waals surface area contributed by atoms with Crippen molar-refractivity contribution in [3.05, 3.63) is 35.7 Å². The lowest BCUT2D eigenvalue weighted by Gasteiger charge is -2.33. The lowest BCUT2D eigenvalue weighted by atomic mass is 10.2. The molecule has 1 aliphatic rings. The van der Waals surface area contributed by atoms with E-state index in [2.05, 4.69) is 27.1 Å². The number of methoxy groups -OCH3 is 2. The van der Waals surface area contributed by atoms with E-state index in [0.717, 1.165) is 25.3 Å². The molecule has 0 saturated carbocycles. The largest absolute Gasteiger partial charge is 0.497 e. The van der Waals surface area contributed by atoms with Crippen molar-refractivity contribution in [1.82, 2.24) is 19.8 Å². The third-order valence-corrected chi connectivity index (χ3v) is 4.83. The summed E-state index contributed by atoms with van der Waals surface area (Å²) in [5, 5.41) is 3.15. The number of anilines is 2. The Morgan fingerprint density at radius 3 is 2.50 bits per heavy atom. The van der Waals surface area contributed by atoms with E-state index < -0.39 is 0 Å². The van der Waals surface area contributed by atoms with E-state index in [4.69, 9.17) is 9.47 Å². The van der Waals surface area contributed by atoms with E-state index >= 15 is 0 Å². The Bertz CT molecular complexity index is 835. The van der Waals surface area contributed by atoms with Crippen LogP contribution in [0.1, 0.15) is 23.1 Å². The summed E-state index contributed by atoms with van der Waals surface area (Å²) >= 11 is 0. The fourth-order valence-corrected chi connectivity index (χ4v) is 3.20. The highest BCUT2D eigenvalue weighted by Crippen LogP contribution is 2.30. The third kappa shape index (κ3) is 4.51. The molecular weight excluding hydrogens is 358 g/mol. The number of piperazine rings is 1. The molecule has 0 spiro atoms. The first-order valence-corrected chi connectivity index (χ1v) is 9.40. The molecule has 1 N–H and O–H groups in total. The number of amides is 1. The smallest absolute Gasteiger partial charge is 0.272 e. The zero-order valence-corrected chi connectivity index (χ0v) is 16.9. The predicted molar refractivity (Wildman–Crippen MR) is 108 cm³/mol. The Morgan fingerprint density at radius 1 is 1.11 bits per heavy atom. The van der Waals surface area contributed by atoms with Crippen LogP contribution in [-0.4, -0.2) is 72.6 Å². The average Bonchev–Trinajstić information content (AvgIpc) is 2.72. The molecule has 150 valence electrons. The summed E-state index contributed by atoms with van der Waals surface area (Å²) in [5.74, 6) is 1.60. The van der Waals surface area contributed by atoms with Gasteiger partial charge in [0.25, 0.3) is 5.91 Å². The fraction of sp³-hybridized carbons (Fsp3) is 0.450. The van der Waals surface area contributed by atoms with Gasteiger partial charge in [-0.25, -0.2) is 9.97 Å². The fourth-order valence-electron chi connectivity index (χ4n) is 3.20. The number of aryl methyl sites for hydroxylation is 1. The Hall–Kier alpha value is -2.87. The van der Waals surface area contributed by atoms with Gasteiger partial charge in [-0.3, -0.25) is 4.79 Å². The summed E-state index contributed by atoms with van der Waals surface area (Å²) in [6.45, 7) is 8.18. The molecule has 1 aromatic heterocycles. The van der Waals surface area contributed by atoms with Crippen LogP contribution in [0.5, 0.6) is 11.5 Å². The lowest BCUT2D eigenvalue weighted by molar-refractivity contribution is 0.0637. The van der Waals surface area contributed by atoms with Crippen molar-refractivity contribution in [2.24, 2.45) is 0 Å². The SMILES string of the molecule is CCN1CCN(C(=O)c2cc(C)nc(Nc3cc(OC)ccc3OC)n2)CC1. The van der Waals surface area contributed by atoms with Gasteiger partial charge in [-0.1, -0.05) is 6.92 Å². The lowest BCUT2D eigenvalue weighted by Crippen LogP contribution is -2.48. The maximum atomic E-state index is 12.9. The molecule has 8 nitrogen and oxygen atoms in total. The van der Waals surface area contributed by atoms with Gasteiger partial charge in [0.15, 0.2) is 0 Å². The van der Waals surface area contributed by atoms with Crippen LogP contribution in [0, 0.1) is 6.92 Å². The molecule has 0 atom stereocenters. The molecule has 1 aromatic carbocycles. The molecule has 1 saturated heterocycles. The van der Waals surface area contributed by atoms with Crippen molar-refractivity contribution < 1.29 is 14.3 Å². The van der Waals surface area contributed by atoms with Gasteiger partial charge in [0.05, 0.1) is 19.9 Å². The van der Waals surface area contributed by atoms with Crippen molar-refractivity contribution in [3.8, 4) is 11.5 Å². The van der Waals surface area contributed by atoms with Crippen molar-refractivity contribution in [2.45, 2.75) is 13.8 Å². The quantitative estimate of drug-likeness (QED) is 0.817. The summed E-state index contributed by atoms with van der Waals surface area (Å²) < 4.78 is 10.7. The summed E-state index contributed by atoms with van der Waals surface area (Å²) in [6, 6.07) is 7.14. The van der Waals surface area contributed by atoms with Gasteiger partial charge in [0, 0.05) is 37.9 Å². The van der Waals surface area contributed by atoms with Gasteiger partial charge in [-0.05, 0) is 31.7 Å². The van der Waals surface area contributed by atoms with Gasteiger partial charge in [0.2, 0.25) is 5.95 Å². The molecular formula is C20H27N5O3. The highest BCUT2D eigenvalue weighted by molar-refractivity contribution is 5.92. The number of carbonyl (C=O) groups excluding carboxylic acids is 1. The molecule has 8 heteroatoms. The topological polar surface area (TPSA) is 79.8 Å². The van der Waals surface area contributed by atoms with Gasteiger partial charge < -0.3 is 24.6 Å². The van der Waals surface area contributed by atoms with Crippen LogP contribution in [0.15, 0.2) is 24.3 Å². The molecule has 1 amide bonds. The van der Waals surface area contributed by atoms with Gasteiger partial charge in [-0.2, -0.15) is 0 Å². The standard InChI is InChI=1S/C20H27N5O3/c1-5-24-8-10-25(11-9-24)19(26)17-12-14(2)21-20(23-17)22-16-13-15(27-3)6-7-18(16)28-4/h6-7,12-13H,5,8-11H2,1-4H3,(H,21,22,23). The van der Waals surface area contributed by atoms with Crippen LogP contribution in [0.25, 0.3) is 0 Å². The number of aromatic nitrogens is 2. The first-order chi connectivity index (χ1) is 13.5. The van der Waals surface area contributed by atoms with Crippen molar-refractivity contribution in [2.75, 3.05) is 52.3 Å². The van der Waals surface area contributed by atoms with Crippen molar-refractivity contribution in [3.63, 3.8) is 0 Å². The van der Waals surface area contributed by atoms with Crippen LogP contribution in [-0.2, 0) is 0 Å². The summed E-state index contributed by atoms with van der Waals surface area (Å²) in [7, 11) is 3.19. The molecule has 0 radical (unpaired) electrons. The van der Waals surface area contributed by atoms with E-state index in [9.17, 15) is 4.79 Å². The summed E-state index contributed by atoms with van der Waals surface area (Å²) in [4.78, 5) is 26.0. The molecule has 1 fully saturated rings. The monoisotopic (exact) mass is 385 g/mol. The molecule has 28 heavy (non-hydrogen) atoms. The average molecular weight is 385 g/mol. The van der Waals surface area contributed by atoms with Crippen molar-refractivity contribution in [1.29, 1.82) is 0 Å². The highest BCUT2D eigenvalue weighted by Gasteiger charge is 2.23. The minimum Gasteiger partial charge on any atom is -0.497 e. The molecule has 2 heterocycles. The second kappa shape index (κ2) is 8.88. The number of carbonyl (C=O) groups is 1. The molecule has 1 aliphatic heterocycles. The number of ether oxygens (including phenoxy) is 2. The number of hydrogen-bond donors (Lipinski definition) is 1.